The molecule has 1 saturated heterocycles. The fourth-order valence-corrected chi connectivity index (χ4v) is 3.51. The molecule has 6 nitrogen and oxygen atoms in total. The summed E-state index contributed by atoms with van der Waals surface area (Å²) in [6.07, 6.45) is 3.04. The van der Waals surface area contributed by atoms with Crippen molar-refractivity contribution < 1.29 is 17.9 Å². The van der Waals surface area contributed by atoms with Gasteiger partial charge in [-0.2, -0.15) is 0 Å². The molecule has 0 atom stereocenters. The maximum absolute atomic E-state index is 12.0. The maximum Gasteiger partial charge on any atom is 0.237 e. The van der Waals surface area contributed by atoms with Crippen molar-refractivity contribution >= 4 is 15.7 Å². The second kappa shape index (κ2) is 8.59. The Morgan fingerprint density at radius 3 is 2.55 bits per heavy atom. The first-order valence-electron chi connectivity index (χ1n) is 7.10. The molecule has 1 amide bonds. The summed E-state index contributed by atoms with van der Waals surface area (Å²) in [5.41, 5.74) is 0. The van der Waals surface area contributed by atoms with Crippen molar-refractivity contribution in [3.05, 3.63) is 0 Å². The summed E-state index contributed by atoms with van der Waals surface area (Å²) in [5, 5.41) is 3.13. The molecule has 0 radical (unpaired) electrons. The molecule has 0 spiro atoms. The molecule has 1 aliphatic rings. The molecule has 1 N–H and O–H groups in total. The fourth-order valence-electron chi connectivity index (χ4n) is 2.38. The lowest BCUT2D eigenvalue weighted by Gasteiger charge is -2.32. The molecule has 0 saturated carbocycles. The monoisotopic (exact) mass is 306 g/mol. The number of sulfone groups is 1. The van der Waals surface area contributed by atoms with Crippen molar-refractivity contribution in [1.29, 1.82) is 0 Å². The van der Waals surface area contributed by atoms with E-state index in [9.17, 15) is 13.2 Å². The van der Waals surface area contributed by atoms with Crippen molar-refractivity contribution in [2.75, 3.05) is 51.9 Å². The number of likely N-dealkylation sites (tertiary alicyclic amines) is 1. The number of ether oxygens (including phenoxy) is 1. The van der Waals surface area contributed by atoms with Crippen molar-refractivity contribution in [1.82, 2.24) is 10.2 Å². The minimum Gasteiger partial charge on any atom is -0.384 e. The van der Waals surface area contributed by atoms with Crippen LogP contribution in [0.1, 0.15) is 19.3 Å². The minimum atomic E-state index is -3.35. The zero-order valence-corrected chi connectivity index (χ0v) is 13.2. The van der Waals surface area contributed by atoms with E-state index in [4.69, 9.17) is 4.74 Å². The van der Waals surface area contributed by atoms with Crippen LogP contribution in [0, 0.1) is 5.92 Å². The van der Waals surface area contributed by atoms with Crippen LogP contribution >= 0.6 is 0 Å². The van der Waals surface area contributed by atoms with Crippen LogP contribution in [0.5, 0.6) is 0 Å². The average Bonchev–Trinajstić information content (AvgIpc) is 2.43. The number of hydrogen-bond donors (Lipinski definition) is 1. The molecule has 20 heavy (non-hydrogen) atoms. The summed E-state index contributed by atoms with van der Waals surface area (Å²) in [6, 6.07) is 0. The lowest BCUT2D eigenvalue weighted by molar-refractivity contribution is -0.129. The minimum absolute atomic E-state index is 0.0894. The van der Waals surface area contributed by atoms with Gasteiger partial charge in [0.2, 0.25) is 5.91 Å². The first-order valence-corrected chi connectivity index (χ1v) is 8.92. The predicted molar refractivity (Wildman–Crippen MR) is 78.4 cm³/mol. The zero-order valence-electron chi connectivity index (χ0n) is 12.4. The summed E-state index contributed by atoms with van der Waals surface area (Å²) >= 11 is 0. The SMILES string of the molecule is CNCCC1CCN(C(=O)CS(=O)(=O)CCOC)CC1. The van der Waals surface area contributed by atoms with E-state index in [1.807, 2.05) is 7.05 Å². The van der Waals surface area contributed by atoms with E-state index in [1.165, 1.54) is 7.11 Å². The molecule has 118 valence electrons. The Morgan fingerprint density at radius 1 is 1.35 bits per heavy atom. The molecule has 1 aliphatic heterocycles. The van der Waals surface area contributed by atoms with Crippen molar-refractivity contribution in [2.45, 2.75) is 19.3 Å². The highest BCUT2D eigenvalue weighted by Gasteiger charge is 2.25. The van der Waals surface area contributed by atoms with Gasteiger partial charge in [-0.1, -0.05) is 0 Å². The topological polar surface area (TPSA) is 75.7 Å². The summed E-state index contributed by atoms with van der Waals surface area (Å²) in [4.78, 5) is 13.7. The van der Waals surface area contributed by atoms with E-state index in [0.29, 0.717) is 19.0 Å². The molecule has 0 aromatic carbocycles. The number of rotatable bonds is 8. The molecular formula is C13H26N2O4S. The van der Waals surface area contributed by atoms with E-state index in [-0.39, 0.29) is 18.3 Å². The molecule has 1 rings (SSSR count). The van der Waals surface area contributed by atoms with Crippen LogP contribution in [-0.4, -0.2) is 71.1 Å². The van der Waals surface area contributed by atoms with Crippen LogP contribution in [0.4, 0.5) is 0 Å². The van der Waals surface area contributed by atoms with Crippen LogP contribution in [0.3, 0.4) is 0 Å². The summed E-state index contributed by atoms with van der Waals surface area (Å²) in [6.45, 7) is 2.48. The van der Waals surface area contributed by atoms with E-state index in [0.717, 1.165) is 25.8 Å². The lowest BCUT2D eigenvalue weighted by Crippen LogP contribution is -2.42. The second-order valence-electron chi connectivity index (χ2n) is 5.30. The molecule has 7 heteroatoms. The smallest absolute Gasteiger partial charge is 0.237 e. The standard InChI is InChI=1S/C13H26N2O4S/c1-14-6-3-12-4-7-15(8-5-12)13(16)11-20(17,18)10-9-19-2/h12,14H,3-11H2,1-2H3. The fraction of sp³-hybridized carbons (Fsp3) is 0.923. The van der Waals surface area contributed by atoms with Gasteiger partial charge in [0, 0.05) is 20.2 Å². The van der Waals surface area contributed by atoms with Crippen LogP contribution in [-0.2, 0) is 19.4 Å². The quantitative estimate of drug-likeness (QED) is 0.677. The normalized spacial score (nSPS) is 17.4. The number of hydrogen-bond acceptors (Lipinski definition) is 5. The lowest BCUT2D eigenvalue weighted by atomic mass is 9.93. The Kier molecular flexibility index (Phi) is 7.47. The number of piperidine rings is 1. The first-order chi connectivity index (χ1) is 9.48. The van der Waals surface area contributed by atoms with E-state index >= 15 is 0 Å². The highest BCUT2D eigenvalue weighted by atomic mass is 32.2. The molecular weight excluding hydrogens is 280 g/mol. The third-order valence-electron chi connectivity index (χ3n) is 3.71. The van der Waals surface area contributed by atoms with E-state index < -0.39 is 15.6 Å². The molecule has 0 aromatic heterocycles. The second-order valence-corrected chi connectivity index (χ2v) is 7.49. The van der Waals surface area contributed by atoms with Gasteiger partial charge in [0.1, 0.15) is 5.75 Å². The highest BCUT2D eigenvalue weighted by Crippen LogP contribution is 2.20. The van der Waals surface area contributed by atoms with Crippen LogP contribution < -0.4 is 5.32 Å². The molecule has 0 aliphatic carbocycles. The number of amides is 1. The van der Waals surface area contributed by atoms with Crippen molar-refractivity contribution in [3.8, 4) is 0 Å². The molecule has 0 aromatic rings. The molecule has 0 unspecified atom stereocenters. The Hall–Kier alpha value is -0.660. The number of nitrogens with zero attached hydrogens (tertiary/aromatic N) is 1. The number of nitrogens with one attached hydrogen (secondary N) is 1. The zero-order chi connectivity index (χ0) is 15.0. The van der Waals surface area contributed by atoms with Gasteiger partial charge in [0.05, 0.1) is 12.4 Å². The van der Waals surface area contributed by atoms with Gasteiger partial charge >= 0.3 is 0 Å². The third-order valence-corrected chi connectivity index (χ3v) is 5.19. The maximum atomic E-state index is 12.0. The van der Waals surface area contributed by atoms with E-state index in [1.54, 1.807) is 4.90 Å². The van der Waals surface area contributed by atoms with Gasteiger partial charge in [-0.25, -0.2) is 8.42 Å². The molecule has 0 bridgehead atoms. The van der Waals surface area contributed by atoms with Crippen LogP contribution in [0.15, 0.2) is 0 Å². The van der Waals surface area contributed by atoms with Crippen molar-refractivity contribution in [3.63, 3.8) is 0 Å². The highest BCUT2D eigenvalue weighted by molar-refractivity contribution is 7.92. The van der Waals surface area contributed by atoms with Crippen molar-refractivity contribution in [2.24, 2.45) is 5.92 Å². The third kappa shape index (κ3) is 6.19. The van der Waals surface area contributed by atoms with E-state index in [2.05, 4.69) is 5.32 Å². The largest absolute Gasteiger partial charge is 0.384 e. The predicted octanol–water partition coefficient (Wildman–Crippen LogP) is -0.104. The van der Waals surface area contributed by atoms with Gasteiger partial charge in [0.25, 0.3) is 0 Å². The average molecular weight is 306 g/mol. The van der Waals surface area contributed by atoms with Crippen LogP contribution in [0.25, 0.3) is 0 Å². The summed E-state index contributed by atoms with van der Waals surface area (Å²) in [5.74, 6) is -0.115. The molecule has 1 heterocycles. The Bertz CT molecular complexity index is 389. The number of carbonyl (C=O) groups is 1. The van der Waals surface area contributed by atoms with Gasteiger partial charge in [-0.15, -0.1) is 0 Å². The Labute approximate surface area is 121 Å². The van der Waals surface area contributed by atoms with Gasteiger partial charge in [-0.05, 0) is 38.8 Å². The van der Waals surface area contributed by atoms with Gasteiger partial charge < -0.3 is 15.0 Å². The molecule has 1 fully saturated rings. The summed E-state index contributed by atoms with van der Waals surface area (Å²) < 4.78 is 28.2. The van der Waals surface area contributed by atoms with Gasteiger partial charge in [-0.3, -0.25) is 4.79 Å². The number of methoxy groups -OCH3 is 1. The first kappa shape index (κ1) is 17.4. The Balaban J connectivity index is 2.35. The van der Waals surface area contributed by atoms with Crippen LogP contribution in [0.2, 0.25) is 0 Å². The summed E-state index contributed by atoms with van der Waals surface area (Å²) in [7, 11) is 0.0395. The number of carbonyl (C=O) groups excluding carboxylic acids is 1. The van der Waals surface area contributed by atoms with Gasteiger partial charge in [0.15, 0.2) is 9.84 Å². The Morgan fingerprint density at radius 2 is 2.00 bits per heavy atom.